The van der Waals surface area contributed by atoms with Crippen molar-refractivity contribution in [2.75, 3.05) is 26.3 Å². The number of carbonyl (C=O) groups excluding carboxylic acids is 3. The van der Waals surface area contributed by atoms with Gasteiger partial charge in [-0.25, -0.2) is 0 Å². The smallest absolute Gasteiger partial charge is 0.305 e. The van der Waals surface area contributed by atoms with Crippen molar-refractivity contribution in [3.05, 3.63) is 0 Å². The average molecular weight is 610 g/mol. The number of hydrogen-bond acceptors (Lipinski definition) is 5. The monoisotopic (exact) mass is 610 g/mol. The predicted octanol–water partition coefficient (Wildman–Crippen LogP) is 10.5. The lowest BCUT2D eigenvalue weighted by Gasteiger charge is -2.22. The number of esters is 2. The zero-order chi connectivity index (χ0) is 31.6. The Balaban J connectivity index is 3.95. The summed E-state index contributed by atoms with van der Waals surface area (Å²) in [5, 5.41) is 0. The summed E-state index contributed by atoms with van der Waals surface area (Å²) >= 11 is 0. The number of amides is 1. The van der Waals surface area contributed by atoms with E-state index in [2.05, 4.69) is 20.8 Å². The summed E-state index contributed by atoms with van der Waals surface area (Å²) in [7, 11) is 0. The summed E-state index contributed by atoms with van der Waals surface area (Å²) in [5.41, 5.74) is 0. The fourth-order valence-corrected chi connectivity index (χ4v) is 5.40. The van der Waals surface area contributed by atoms with Gasteiger partial charge in [-0.15, -0.1) is 0 Å². The minimum absolute atomic E-state index is 0.0321. The number of unbranched alkanes of at least 4 members (excludes halogenated alkanes) is 21. The van der Waals surface area contributed by atoms with Crippen molar-refractivity contribution in [2.45, 2.75) is 194 Å². The van der Waals surface area contributed by atoms with E-state index in [1.165, 1.54) is 116 Å². The van der Waals surface area contributed by atoms with E-state index in [1.807, 2.05) is 0 Å². The van der Waals surface area contributed by atoms with E-state index >= 15 is 0 Å². The fraction of sp³-hybridized carbons (Fsp3) is 0.919. The molecule has 0 heterocycles. The quantitative estimate of drug-likeness (QED) is 0.0547. The van der Waals surface area contributed by atoms with E-state index in [-0.39, 0.29) is 31.1 Å². The highest BCUT2D eigenvalue weighted by Crippen LogP contribution is 2.13. The summed E-state index contributed by atoms with van der Waals surface area (Å²) < 4.78 is 10.9. The number of hydrogen-bond donors (Lipinski definition) is 0. The van der Waals surface area contributed by atoms with Gasteiger partial charge in [0.05, 0.1) is 13.1 Å². The molecule has 0 rings (SSSR count). The molecule has 6 nitrogen and oxygen atoms in total. The van der Waals surface area contributed by atoms with E-state index < -0.39 is 0 Å². The van der Waals surface area contributed by atoms with Gasteiger partial charge in [0.25, 0.3) is 0 Å². The van der Waals surface area contributed by atoms with Crippen LogP contribution >= 0.6 is 0 Å². The van der Waals surface area contributed by atoms with Gasteiger partial charge in [-0.05, 0) is 19.3 Å². The molecule has 0 aliphatic heterocycles. The van der Waals surface area contributed by atoms with E-state index in [0.717, 1.165) is 38.5 Å². The van der Waals surface area contributed by atoms with Crippen molar-refractivity contribution in [1.29, 1.82) is 0 Å². The highest BCUT2D eigenvalue weighted by molar-refractivity contribution is 5.76. The Morgan fingerprint density at radius 3 is 1.02 bits per heavy atom. The molecule has 0 aliphatic rings. The van der Waals surface area contributed by atoms with Gasteiger partial charge in [0, 0.05) is 19.3 Å². The van der Waals surface area contributed by atoms with Crippen LogP contribution in [0.2, 0.25) is 0 Å². The Bertz CT molecular complexity index is 594. The molecule has 254 valence electrons. The Morgan fingerprint density at radius 1 is 0.395 bits per heavy atom. The summed E-state index contributed by atoms with van der Waals surface area (Å²) in [6, 6.07) is 0. The van der Waals surface area contributed by atoms with Crippen LogP contribution in [0.4, 0.5) is 0 Å². The molecule has 0 aliphatic carbocycles. The van der Waals surface area contributed by atoms with Crippen molar-refractivity contribution in [2.24, 2.45) is 0 Å². The van der Waals surface area contributed by atoms with Crippen molar-refractivity contribution in [3.63, 3.8) is 0 Å². The Hall–Kier alpha value is -1.59. The van der Waals surface area contributed by atoms with Crippen LogP contribution in [-0.2, 0) is 23.9 Å². The molecule has 0 bridgehead atoms. The van der Waals surface area contributed by atoms with E-state index in [4.69, 9.17) is 9.47 Å². The first-order valence-electron chi connectivity index (χ1n) is 18.6. The van der Waals surface area contributed by atoms with Gasteiger partial charge in [-0.1, -0.05) is 156 Å². The SMILES string of the molecule is CCCCCCCCCCCCCC(=O)OCCN(CCOC(=O)CCCCCCCCCCCCC)C(=O)CCCC. The summed E-state index contributed by atoms with van der Waals surface area (Å²) in [6.45, 7) is 7.66. The third-order valence-electron chi connectivity index (χ3n) is 8.31. The molecule has 0 aromatic rings. The van der Waals surface area contributed by atoms with Gasteiger partial charge in [0.2, 0.25) is 5.91 Å². The third kappa shape index (κ3) is 30.2. The first-order chi connectivity index (χ1) is 21.0. The minimum atomic E-state index is -0.185. The number of ether oxygens (including phenoxy) is 2. The molecule has 0 radical (unpaired) electrons. The Kier molecular flexibility index (Phi) is 32.1. The van der Waals surface area contributed by atoms with E-state index in [9.17, 15) is 14.4 Å². The molecular formula is C37H71NO5. The average Bonchev–Trinajstić information content (AvgIpc) is 3.00. The van der Waals surface area contributed by atoms with Crippen LogP contribution in [0.15, 0.2) is 0 Å². The van der Waals surface area contributed by atoms with Crippen LogP contribution in [0, 0.1) is 0 Å². The van der Waals surface area contributed by atoms with Crippen LogP contribution in [0.1, 0.15) is 194 Å². The second-order valence-corrected chi connectivity index (χ2v) is 12.5. The van der Waals surface area contributed by atoms with Gasteiger partial charge in [-0.2, -0.15) is 0 Å². The van der Waals surface area contributed by atoms with Gasteiger partial charge in [0.15, 0.2) is 0 Å². The maximum Gasteiger partial charge on any atom is 0.305 e. The highest BCUT2D eigenvalue weighted by atomic mass is 16.5. The van der Waals surface area contributed by atoms with Gasteiger partial charge >= 0.3 is 11.9 Å². The first kappa shape index (κ1) is 41.4. The zero-order valence-electron chi connectivity index (χ0n) is 28.9. The van der Waals surface area contributed by atoms with E-state index in [1.54, 1.807) is 4.90 Å². The molecule has 0 aromatic heterocycles. The molecular weight excluding hydrogens is 538 g/mol. The van der Waals surface area contributed by atoms with Crippen LogP contribution < -0.4 is 0 Å². The van der Waals surface area contributed by atoms with Gasteiger partial charge in [-0.3, -0.25) is 14.4 Å². The minimum Gasteiger partial charge on any atom is -0.464 e. The molecule has 0 unspecified atom stereocenters. The molecule has 0 fully saturated rings. The lowest BCUT2D eigenvalue weighted by atomic mass is 10.1. The molecule has 0 saturated carbocycles. The molecule has 0 N–H and O–H groups in total. The van der Waals surface area contributed by atoms with Crippen molar-refractivity contribution >= 4 is 17.8 Å². The lowest BCUT2D eigenvalue weighted by Crippen LogP contribution is -2.37. The maximum absolute atomic E-state index is 12.7. The van der Waals surface area contributed by atoms with Crippen molar-refractivity contribution in [1.82, 2.24) is 4.90 Å². The fourth-order valence-electron chi connectivity index (χ4n) is 5.40. The Labute approximate surface area is 266 Å². The largest absolute Gasteiger partial charge is 0.464 e. The number of rotatable bonds is 33. The lowest BCUT2D eigenvalue weighted by molar-refractivity contribution is -0.147. The molecule has 0 atom stereocenters. The molecule has 0 spiro atoms. The van der Waals surface area contributed by atoms with Crippen molar-refractivity contribution < 1.29 is 23.9 Å². The van der Waals surface area contributed by atoms with Gasteiger partial charge < -0.3 is 14.4 Å². The highest BCUT2D eigenvalue weighted by Gasteiger charge is 2.15. The van der Waals surface area contributed by atoms with Gasteiger partial charge in [0.1, 0.15) is 13.2 Å². The number of carbonyl (C=O) groups is 3. The van der Waals surface area contributed by atoms with Crippen LogP contribution in [-0.4, -0.2) is 49.0 Å². The summed E-state index contributed by atoms with van der Waals surface area (Å²) in [4.78, 5) is 38.7. The molecule has 43 heavy (non-hydrogen) atoms. The van der Waals surface area contributed by atoms with Crippen LogP contribution in [0.25, 0.3) is 0 Å². The summed E-state index contributed by atoms with van der Waals surface area (Å²) in [6.07, 6.45) is 30.6. The predicted molar refractivity (Wildman–Crippen MR) is 180 cm³/mol. The standard InChI is InChI=1S/C37H71NO5/c1-4-7-10-12-14-16-18-20-22-24-26-29-36(40)42-33-31-38(35(39)28-9-6-3)32-34-43-37(41)30-27-25-23-21-19-17-15-13-11-8-5-2/h4-34H2,1-3H3. The number of nitrogens with zero attached hydrogens (tertiary/aromatic N) is 1. The normalized spacial score (nSPS) is 11.0. The molecule has 1 amide bonds. The zero-order valence-corrected chi connectivity index (χ0v) is 28.9. The molecule has 0 saturated heterocycles. The van der Waals surface area contributed by atoms with Crippen molar-refractivity contribution in [3.8, 4) is 0 Å². The van der Waals surface area contributed by atoms with Crippen LogP contribution in [0.3, 0.4) is 0 Å². The first-order valence-corrected chi connectivity index (χ1v) is 18.6. The second-order valence-electron chi connectivity index (χ2n) is 12.5. The molecule has 6 heteroatoms. The maximum atomic E-state index is 12.7. The Morgan fingerprint density at radius 2 is 0.698 bits per heavy atom. The molecule has 0 aromatic carbocycles. The summed E-state index contributed by atoms with van der Waals surface area (Å²) in [5.74, 6) is -0.338. The van der Waals surface area contributed by atoms with Crippen LogP contribution in [0.5, 0.6) is 0 Å². The second kappa shape index (κ2) is 33.3. The van der Waals surface area contributed by atoms with E-state index in [0.29, 0.717) is 32.4 Å². The third-order valence-corrected chi connectivity index (χ3v) is 8.31. The topological polar surface area (TPSA) is 72.9 Å².